The zero-order chi connectivity index (χ0) is 20.8. The highest BCUT2D eigenvalue weighted by atomic mass is 16.6. The SMILES string of the molecule is CCCC(=O)Nc1cccc(NC(C)C(=O)Nc2ccc3c(c2)OCCO3)c1C. The highest BCUT2D eigenvalue weighted by Crippen LogP contribution is 2.32. The zero-order valence-corrected chi connectivity index (χ0v) is 17.0. The molecule has 0 radical (unpaired) electrons. The second kappa shape index (κ2) is 9.32. The van der Waals surface area contributed by atoms with Crippen LogP contribution >= 0.6 is 0 Å². The van der Waals surface area contributed by atoms with Gasteiger partial charge in [0.1, 0.15) is 19.3 Å². The van der Waals surface area contributed by atoms with Crippen molar-refractivity contribution in [2.45, 2.75) is 39.7 Å². The first-order valence-electron chi connectivity index (χ1n) is 9.84. The van der Waals surface area contributed by atoms with Gasteiger partial charge < -0.3 is 25.4 Å². The summed E-state index contributed by atoms with van der Waals surface area (Å²) >= 11 is 0. The summed E-state index contributed by atoms with van der Waals surface area (Å²) in [6.07, 6.45) is 1.27. The fraction of sp³-hybridized carbons (Fsp3) is 0.364. The van der Waals surface area contributed by atoms with Gasteiger partial charge in [-0.3, -0.25) is 9.59 Å². The molecule has 2 amide bonds. The molecule has 0 spiro atoms. The van der Waals surface area contributed by atoms with Gasteiger partial charge in [-0.05, 0) is 50.1 Å². The molecule has 2 aromatic rings. The quantitative estimate of drug-likeness (QED) is 0.658. The van der Waals surface area contributed by atoms with Crippen molar-refractivity contribution in [3.8, 4) is 11.5 Å². The van der Waals surface area contributed by atoms with Crippen LogP contribution in [0.2, 0.25) is 0 Å². The van der Waals surface area contributed by atoms with Crippen LogP contribution in [0.25, 0.3) is 0 Å². The molecule has 7 heteroatoms. The molecule has 1 aliphatic rings. The lowest BCUT2D eigenvalue weighted by Gasteiger charge is -2.21. The first kappa shape index (κ1) is 20.5. The molecule has 2 aromatic carbocycles. The molecule has 1 atom stereocenters. The van der Waals surface area contributed by atoms with Crippen molar-refractivity contribution in [1.29, 1.82) is 0 Å². The van der Waals surface area contributed by atoms with Gasteiger partial charge in [0.2, 0.25) is 11.8 Å². The van der Waals surface area contributed by atoms with Gasteiger partial charge in [0.05, 0.1) is 0 Å². The predicted octanol–water partition coefficient (Wildman–Crippen LogP) is 3.94. The standard InChI is InChI=1S/C22H27N3O4/c1-4-6-21(26)25-18-8-5-7-17(14(18)2)23-15(3)22(27)24-16-9-10-19-20(13-16)29-12-11-28-19/h5,7-10,13,15,23H,4,6,11-12H2,1-3H3,(H,24,27)(H,25,26). The van der Waals surface area contributed by atoms with Crippen LogP contribution < -0.4 is 25.4 Å². The molecule has 1 unspecified atom stereocenters. The molecular formula is C22H27N3O4. The van der Waals surface area contributed by atoms with E-state index in [0.29, 0.717) is 36.8 Å². The summed E-state index contributed by atoms with van der Waals surface area (Å²) in [5.41, 5.74) is 3.07. The smallest absolute Gasteiger partial charge is 0.246 e. The predicted molar refractivity (Wildman–Crippen MR) is 114 cm³/mol. The van der Waals surface area contributed by atoms with Gasteiger partial charge in [0.25, 0.3) is 0 Å². The van der Waals surface area contributed by atoms with Gasteiger partial charge in [-0.2, -0.15) is 0 Å². The van der Waals surface area contributed by atoms with E-state index < -0.39 is 6.04 Å². The largest absolute Gasteiger partial charge is 0.486 e. The van der Waals surface area contributed by atoms with Gasteiger partial charge in [0.15, 0.2) is 11.5 Å². The first-order valence-corrected chi connectivity index (χ1v) is 9.84. The van der Waals surface area contributed by atoms with E-state index in [4.69, 9.17) is 9.47 Å². The van der Waals surface area contributed by atoms with Crippen molar-refractivity contribution < 1.29 is 19.1 Å². The highest BCUT2D eigenvalue weighted by molar-refractivity contribution is 5.97. The van der Waals surface area contributed by atoms with Crippen molar-refractivity contribution in [2.24, 2.45) is 0 Å². The maximum Gasteiger partial charge on any atom is 0.246 e. The molecule has 0 aromatic heterocycles. The van der Waals surface area contributed by atoms with E-state index in [1.165, 1.54) is 0 Å². The average molecular weight is 397 g/mol. The van der Waals surface area contributed by atoms with Crippen LogP contribution in [0.3, 0.4) is 0 Å². The van der Waals surface area contributed by atoms with Crippen LogP contribution in [0.1, 0.15) is 32.3 Å². The number of carbonyl (C=O) groups excluding carboxylic acids is 2. The average Bonchev–Trinajstić information content (AvgIpc) is 2.71. The fourth-order valence-corrected chi connectivity index (χ4v) is 3.04. The van der Waals surface area contributed by atoms with Crippen LogP contribution in [-0.2, 0) is 9.59 Å². The minimum absolute atomic E-state index is 0.0165. The second-order valence-corrected chi connectivity index (χ2v) is 6.99. The molecule has 1 aliphatic heterocycles. The topological polar surface area (TPSA) is 88.7 Å². The monoisotopic (exact) mass is 397 g/mol. The second-order valence-electron chi connectivity index (χ2n) is 6.99. The molecule has 154 valence electrons. The van der Waals surface area contributed by atoms with E-state index in [2.05, 4.69) is 16.0 Å². The maximum atomic E-state index is 12.6. The third-order valence-electron chi connectivity index (χ3n) is 4.66. The van der Waals surface area contributed by atoms with Crippen LogP contribution in [0.4, 0.5) is 17.1 Å². The number of amides is 2. The lowest BCUT2D eigenvalue weighted by atomic mass is 10.1. The summed E-state index contributed by atoms with van der Waals surface area (Å²) in [4.78, 5) is 24.5. The van der Waals surface area contributed by atoms with Crippen LogP contribution in [0.5, 0.6) is 11.5 Å². The Morgan fingerprint density at radius 2 is 1.76 bits per heavy atom. The summed E-state index contributed by atoms with van der Waals surface area (Å²) in [5, 5.41) is 9.02. The molecule has 0 saturated carbocycles. The lowest BCUT2D eigenvalue weighted by Crippen LogP contribution is -2.32. The number of fused-ring (bicyclic) bond motifs is 1. The van der Waals surface area contributed by atoms with Crippen LogP contribution in [0.15, 0.2) is 36.4 Å². The molecule has 0 aliphatic carbocycles. The number of nitrogens with one attached hydrogen (secondary N) is 3. The molecule has 29 heavy (non-hydrogen) atoms. The third-order valence-corrected chi connectivity index (χ3v) is 4.66. The Balaban J connectivity index is 1.64. The highest BCUT2D eigenvalue weighted by Gasteiger charge is 2.17. The van der Waals surface area contributed by atoms with Crippen molar-refractivity contribution in [2.75, 3.05) is 29.2 Å². The van der Waals surface area contributed by atoms with Crippen molar-refractivity contribution in [3.05, 3.63) is 42.0 Å². The Morgan fingerprint density at radius 1 is 1.03 bits per heavy atom. The van der Waals surface area contributed by atoms with Crippen molar-refractivity contribution >= 4 is 28.9 Å². The Hall–Kier alpha value is -3.22. The van der Waals surface area contributed by atoms with Gasteiger partial charge in [-0.15, -0.1) is 0 Å². The minimum Gasteiger partial charge on any atom is -0.486 e. The number of hydrogen-bond donors (Lipinski definition) is 3. The molecule has 0 fully saturated rings. The molecule has 3 N–H and O–H groups in total. The summed E-state index contributed by atoms with van der Waals surface area (Å²) in [6.45, 7) is 6.68. The van der Waals surface area contributed by atoms with E-state index in [9.17, 15) is 9.59 Å². The Kier molecular flexibility index (Phi) is 6.59. The minimum atomic E-state index is -0.483. The van der Waals surface area contributed by atoms with Crippen LogP contribution in [-0.4, -0.2) is 31.1 Å². The molecule has 0 bridgehead atoms. The van der Waals surface area contributed by atoms with E-state index in [-0.39, 0.29) is 11.8 Å². The van der Waals surface area contributed by atoms with E-state index in [1.807, 2.05) is 32.0 Å². The number of carbonyl (C=O) groups is 2. The van der Waals surface area contributed by atoms with Crippen LogP contribution in [0, 0.1) is 6.92 Å². The van der Waals surface area contributed by atoms with Gasteiger partial charge in [-0.1, -0.05) is 13.0 Å². The molecular weight excluding hydrogens is 370 g/mol. The maximum absolute atomic E-state index is 12.6. The number of hydrogen-bond acceptors (Lipinski definition) is 5. The number of anilines is 3. The summed E-state index contributed by atoms with van der Waals surface area (Å²) < 4.78 is 11.1. The summed E-state index contributed by atoms with van der Waals surface area (Å²) in [5.74, 6) is 1.11. The van der Waals surface area contributed by atoms with Gasteiger partial charge in [0, 0.05) is 29.5 Å². The molecule has 3 rings (SSSR count). The molecule has 7 nitrogen and oxygen atoms in total. The van der Waals surface area contributed by atoms with Crippen molar-refractivity contribution in [1.82, 2.24) is 0 Å². The zero-order valence-electron chi connectivity index (χ0n) is 17.0. The van der Waals surface area contributed by atoms with Gasteiger partial charge in [-0.25, -0.2) is 0 Å². The number of rotatable bonds is 7. The Bertz CT molecular complexity index is 898. The Labute approximate surface area is 170 Å². The van der Waals surface area contributed by atoms with Crippen molar-refractivity contribution in [3.63, 3.8) is 0 Å². The van der Waals surface area contributed by atoms with E-state index in [1.54, 1.807) is 25.1 Å². The van der Waals surface area contributed by atoms with E-state index >= 15 is 0 Å². The molecule has 0 saturated heterocycles. The number of ether oxygens (including phenoxy) is 2. The lowest BCUT2D eigenvalue weighted by molar-refractivity contribution is -0.117. The fourth-order valence-electron chi connectivity index (χ4n) is 3.04. The Morgan fingerprint density at radius 3 is 2.52 bits per heavy atom. The van der Waals surface area contributed by atoms with E-state index in [0.717, 1.165) is 23.4 Å². The first-order chi connectivity index (χ1) is 14.0. The third kappa shape index (κ3) is 5.19. The van der Waals surface area contributed by atoms with Gasteiger partial charge >= 0.3 is 0 Å². The normalized spacial score (nSPS) is 13.3. The summed E-state index contributed by atoms with van der Waals surface area (Å²) in [6, 6.07) is 10.4. The molecule has 1 heterocycles. The number of benzene rings is 2. The summed E-state index contributed by atoms with van der Waals surface area (Å²) in [7, 11) is 0.